The van der Waals surface area contributed by atoms with Gasteiger partial charge in [-0.05, 0) is 84.4 Å². The van der Waals surface area contributed by atoms with E-state index in [1.165, 1.54) is 0 Å². The third kappa shape index (κ3) is 12.9. The second-order valence-corrected chi connectivity index (χ2v) is 21.1. The average Bonchev–Trinajstić information content (AvgIpc) is 4.23. The summed E-state index contributed by atoms with van der Waals surface area (Å²) in [4.78, 5) is 42.8. The maximum absolute atomic E-state index is 6.82. The molecule has 0 saturated heterocycles. The maximum atomic E-state index is 6.82. The number of hydrogen-bond donors (Lipinski definition) is 0. The standard InChI is InChI=1S/C64H80N8O4.Co/c1-9-17-25-41(13-5)37-73-49-33-21-29-45-53(49)61-65-57(45)70-62-55-47(31-23-35-51(55)75-39-43(15-7)27-19-11-3)59(67-62)72-64-56-48(32-24-36-52(56)76-40-44(16-8)28-20-12-4)60(68-64)71-63-54-46(58(66-63)69-61)30-22-34-50(54)74-38-42(14-6)26-18-10-2;/h21-24,29-36,41-44H,9-20,25-28,37-40H2,1-8H3;/q-2;+2. The average molecular weight is 1080 g/mol. The van der Waals surface area contributed by atoms with Gasteiger partial charge in [0.15, 0.2) is 0 Å². The van der Waals surface area contributed by atoms with Crippen molar-refractivity contribution in [3.05, 3.63) is 72.8 Å². The Morgan fingerprint density at radius 1 is 0.364 bits per heavy atom. The fourth-order valence-corrected chi connectivity index (χ4v) is 10.6. The van der Waals surface area contributed by atoms with E-state index >= 15 is 0 Å². The predicted octanol–water partition coefficient (Wildman–Crippen LogP) is 16.5. The third-order valence-electron chi connectivity index (χ3n) is 15.7. The number of rotatable bonds is 28. The van der Waals surface area contributed by atoms with Crippen molar-refractivity contribution < 1.29 is 35.7 Å². The normalized spacial score (nSPS) is 13.4. The van der Waals surface area contributed by atoms with Crippen LogP contribution in [-0.4, -0.2) is 56.3 Å². The first-order valence-electron chi connectivity index (χ1n) is 29.1. The van der Waals surface area contributed by atoms with E-state index in [-0.39, 0.29) is 16.8 Å². The molecule has 4 aromatic carbocycles. The Balaban J connectivity index is 0.00000784. The largest absolute Gasteiger partial charge is 2.00 e. The second kappa shape index (κ2) is 27.5. The SMILES string of the molecule is CCCCC(CC)COc1cccc2c1-c1nc-2nc2[n-]c(nc3nc(nc4[n-]c(n1)c1cccc(OCC(CC)CCCC)c41)-c1cccc(OCC(CC)CCCC)c1-3)c1cccc(OCC(CC)CCCC)c21.[Co+2]. The van der Waals surface area contributed by atoms with Crippen LogP contribution < -0.4 is 28.9 Å². The summed E-state index contributed by atoms with van der Waals surface area (Å²) in [6.07, 6.45) is 17.7. The third-order valence-corrected chi connectivity index (χ3v) is 15.7. The van der Waals surface area contributed by atoms with E-state index in [4.69, 9.17) is 58.8 Å². The zero-order valence-corrected chi connectivity index (χ0v) is 48.0. The zero-order valence-electron chi connectivity index (χ0n) is 46.9. The Kier molecular flexibility index (Phi) is 20.4. The van der Waals surface area contributed by atoms with Crippen molar-refractivity contribution in [2.24, 2.45) is 23.7 Å². The van der Waals surface area contributed by atoms with Crippen molar-refractivity contribution >= 4 is 44.1 Å². The molecule has 0 fully saturated rings. The number of nitrogens with zero attached hydrogens (tertiary/aromatic N) is 8. The van der Waals surface area contributed by atoms with Crippen LogP contribution in [0.1, 0.15) is 158 Å². The maximum Gasteiger partial charge on any atom is 2.00 e. The summed E-state index contributed by atoms with van der Waals surface area (Å²) in [6.45, 7) is 20.2. The molecule has 4 unspecified atom stereocenters. The van der Waals surface area contributed by atoms with Crippen LogP contribution in [0.3, 0.4) is 0 Å². The van der Waals surface area contributed by atoms with E-state index in [2.05, 4.69) is 55.4 Å². The van der Waals surface area contributed by atoms with Gasteiger partial charge >= 0.3 is 16.8 Å². The molecule has 0 saturated carbocycles. The van der Waals surface area contributed by atoms with Crippen LogP contribution in [0, 0.1) is 23.7 Å². The summed E-state index contributed by atoms with van der Waals surface area (Å²) in [5, 5.41) is 3.11. The van der Waals surface area contributed by atoms with Gasteiger partial charge in [0, 0.05) is 44.5 Å². The van der Waals surface area contributed by atoms with Crippen molar-refractivity contribution in [3.63, 3.8) is 0 Å². The smallest absolute Gasteiger partial charge is 0.493 e. The van der Waals surface area contributed by atoms with Gasteiger partial charge in [-0.1, -0.05) is 181 Å². The molecule has 8 bridgehead atoms. The molecule has 5 heterocycles. The van der Waals surface area contributed by atoms with Crippen LogP contribution in [0.15, 0.2) is 72.8 Å². The molecule has 0 N–H and O–H groups in total. The molecule has 3 aromatic heterocycles. The summed E-state index contributed by atoms with van der Waals surface area (Å²) >= 11 is 0. The number of ether oxygens (including phenoxy) is 4. The van der Waals surface area contributed by atoms with E-state index in [1.54, 1.807) is 0 Å². The summed E-state index contributed by atoms with van der Waals surface area (Å²) in [5.41, 5.74) is 4.94. The van der Waals surface area contributed by atoms with Gasteiger partial charge < -0.3 is 48.9 Å². The molecule has 13 heteroatoms. The van der Waals surface area contributed by atoms with Gasteiger partial charge in [-0.25, -0.2) is 9.97 Å². The first kappa shape index (κ1) is 57.1. The molecule has 2 aliphatic heterocycles. The van der Waals surface area contributed by atoms with Gasteiger partial charge in [0.2, 0.25) is 0 Å². The van der Waals surface area contributed by atoms with Crippen LogP contribution in [0.2, 0.25) is 0 Å². The molecule has 0 amide bonds. The van der Waals surface area contributed by atoms with Gasteiger partial charge in [-0.2, -0.15) is 0 Å². The Labute approximate surface area is 467 Å². The summed E-state index contributed by atoms with van der Waals surface area (Å²) in [6, 6.07) is 24.3. The molecule has 4 atom stereocenters. The number of fused-ring (bicyclic) bond motifs is 20. The minimum atomic E-state index is 0. The Bertz CT molecular complexity index is 3030. The molecular formula is C64H80CoN8O4. The van der Waals surface area contributed by atoms with E-state index in [0.717, 1.165) is 147 Å². The molecule has 409 valence electrons. The minimum absolute atomic E-state index is 0. The zero-order chi connectivity index (χ0) is 53.0. The van der Waals surface area contributed by atoms with Gasteiger partial charge in [0.1, 0.15) is 23.0 Å². The first-order valence-corrected chi connectivity index (χ1v) is 29.1. The van der Waals surface area contributed by atoms with Crippen molar-refractivity contribution in [1.29, 1.82) is 0 Å². The Morgan fingerprint density at radius 3 is 1.01 bits per heavy atom. The fraction of sp³-hybridized carbons (Fsp3) is 0.500. The first-order chi connectivity index (χ1) is 37.3. The molecule has 9 rings (SSSR count). The number of unbranched alkanes of at least 4 members (excludes halogenated alkanes) is 4. The van der Waals surface area contributed by atoms with E-state index < -0.39 is 0 Å². The van der Waals surface area contributed by atoms with E-state index in [1.807, 2.05) is 72.8 Å². The van der Waals surface area contributed by atoms with Crippen LogP contribution >= 0.6 is 0 Å². The quantitative estimate of drug-likeness (QED) is 0.0461. The fourth-order valence-electron chi connectivity index (χ4n) is 10.6. The molecule has 7 aromatic rings. The molecule has 1 radical (unpaired) electrons. The predicted molar refractivity (Wildman–Crippen MR) is 309 cm³/mol. The number of hydrogen-bond acceptors (Lipinski definition) is 10. The summed E-state index contributed by atoms with van der Waals surface area (Å²) < 4.78 is 27.3. The minimum Gasteiger partial charge on any atom is -0.493 e. The molecular weight excluding hydrogens is 1000 g/mol. The van der Waals surface area contributed by atoms with Crippen LogP contribution in [-0.2, 0) is 16.8 Å². The van der Waals surface area contributed by atoms with E-state index in [9.17, 15) is 0 Å². The van der Waals surface area contributed by atoms with Crippen molar-refractivity contribution in [2.75, 3.05) is 26.4 Å². The van der Waals surface area contributed by atoms with Crippen molar-refractivity contribution in [1.82, 2.24) is 39.9 Å². The summed E-state index contributed by atoms with van der Waals surface area (Å²) in [7, 11) is 0. The Morgan fingerprint density at radius 2 is 0.675 bits per heavy atom. The molecule has 77 heavy (non-hydrogen) atoms. The Hall–Kier alpha value is -6.05. The molecule has 12 nitrogen and oxygen atoms in total. The van der Waals surface area contributed by atoms with Crippen LogP contribution in [0.25, 0.3) is 89.7 Å². The van der Waals surface area contributed by atoms with Gasteiger partial charge in [-0.15, -0.1) is 0 Å². The van der Waals surface area contributed by atoms with Crippen molar-refractivity contribution in [2.45, 2.75) is 158 Å². The number of benzene rings is 4. The molecule has 0 spiro atoms. The number of aromatic nitrogens is 8. The second-order valence-electron chi connectivity index (χ2n) is 21.1. The van der Waals surface area contributed by atoms with Gasteiger partial charge in [-0.3, -0.25) is 0 Å². The molecule has 0 aliphatic carbocycles. The van der Waals surface area contributed by atoms with Crippen molar-refractivity contribution in [3.8, 4) is 68.5 Å². The van der Waals surface area contributed by atoms with Crippen LogP contribution in [0.5, 0.6) is 23.0 Å². The topological polar surface area (TPSA) is 142 Å². The van der Waals surface area contributed by atoms with E-state index in [0.29, 0.717) is 119 Å². The van der Waals surface area contributed by atoms with Crippen LogP contribution in [0.4, 0.5) is 0 Å². The monoisotopic (exact) mass is 1080 g/mol. The summed E-state index contributed by atoms with van der Waals surface area (Å²) in [5.74, 6) is 6.27. The molecule has 2 aliphatic rings. The van der Waals surface area contributed by atoms with Gasteiger partial charge in [0.05, 0.1) is 60.9 Å². The van der Waals surface area contributed by atoms with Gasteiger partial charge in [0.25, 0.3) is 0 Å².